The van der Waals surface area contributed by atoms with E-state index in [1.54, 1.807) is 6.26 Å². The molecule has 0 amide bonds. The molecule has 27 heavy (non-hydrogen) atoms. The maximum atomic E-state index is 12.7. The molecule has 1 atom stereocenters. The molecule has 2 aromatic rings. The first-order chi connectivity index (χ1) is 13.1. The lowest BCUT2D eigenvalue weighted by molar-refractivity contribution is -0.136. The lowest BCUT2D eigenvalue weighted by Crippen LogP contribution is -2.37. The van der Waals surface area contributed by atoms with Crippen LogP contribution in [0.4, 0.5) is 0 Å². The van der Waals surface area contributed by atoms with E-state index in [4.69, 9.17) is 13.9 Å². The standard InChI is InChI=1S/C21H17NO5/c1-11-4-5-12(7-13(11)17-3-2-6-26-17)18-19-14(8-25-10-16(19)23)22-15-9-27-21(24)20(15)18/h2-7,18,22H,8-10H2,1H3. The topological polar surface area (TPSA) is 77.8 Å². The van der Waals surface area contributed by atoms with Gasteiger partial charge in [-0.15, -0.1) is 0 Å². The number of carbonyl (C=O) groups excluding carboxylic acids is 2. The van der Waals surface area contributed by atoms with Crippen molar-refractivity contribution in [1.82, 2.24) is 5.32 Å². The highest BCUT2D eigenvalue weighted by atomic mass is 16.5. The molecule has 1 unspecified atom stereocenters. The zero-order chi connectivity index (χ0) is 18.5. The number of ether oxygens (including phenoxy) is 2. The molecule has 3 aliphatic rings. The van der Waals surface area contributed by atoms with Crippen LogP contribution in [-0.4, -0.2) is 31.6 Å². The number of esters is 1. The maximum Gasteiger partial charge on any atom is 0.337 e. The van der Waals surface area contributed by atoms with Crippen LogP contribution < -0.4 is 5.32 Å². The van der Waals surface area contributed by atoms with E-state index >= 15 is 0 Å². The summed E-state index contributed by atoms with van der Waals surface area (Å²) in [5.41, 5.74) is 5.38. The molecule has 0 saturated heterocycles. The van der Waals surface area contributed by atoms with Gasteiger partial charge in [0, 0.05) is 22.8 Å². The third-order valence-corrected chi connectivity index (χ3v) is 5.26. The zero-order valence-corrected chi connectivity index (χ0v) is 14.7. The number of hydrogen-bond donors (Lipinski definition) is 1. The second kappa shape index (κ2) is 5.96. The Hall–Kier alpha value is -3.12. The first-order valence-electron chi connectivity index (χ1n) is 8.79. The number of hydrogen-bond acceptors (Lipinski definition) is 6. The van der Waals surface area contributed by atoms with Crippen molar-refractivity contribution in [2.75, 3.05) is 19.8 Å². The van der Waals surface area contributed by atoms with E-state index in [1.807, 2.05) is 37.3 Å². The van der Waals surface area contributed by atoms with E-state index in [2.05, 4.69) is 5.32 Å². The summed E-state index contributed by atoms with van der Waals surface area (Å²) in [6, 6.07) is 9.67. The fourth-order valence-corrected chi connectivity index (χ4v) is 4.00. The van der Waals surface area contributed by atoms with Crippen LogP contribution in [0.2, 0.25) is 0 Å². The minimum Gasteiger partial charge on any atom is -0.464 e. The van der Waals surface area contributed by atoms with Gasteiger partial charge in [0.05, 0.1) is 24.1 Å². The highest BCUT2D eigenvalue weighted by Crippen LogP contribution is 2.43. The summed E-state index contributed by atoms with van der Waals surface area (Å²) in [6.45, 7) is 2.53. The van der Waals surface area contributed by atoms with Gasteiger partial charge in [-0.1, -0.05) is 12.1 Å². The van der Waals surface area contributed by atoms with Crippen LogP contribution in [0.15, 0.2) is 63.6 Å². The van der Waals surface area contributed by atoms with Gasteiger partial charge in [-0.05, 0) is 36.2 Å². The van der Waals surface area contributed by atoms with Crippen molar-refractivity contribution in [2.45, 2.75) is 12.8 Å². The number of Topliss-reactive ketones (excluding diaryl/α,β-unsaturated/α-hetero) is 1. The Morgan fingerprint density at radius 2 is 1.89 bits per heavy atom. The van der Waals surface area contributed by atoms with Crippen molar-refractivity contribution < 1.29 is 23.5 Å². The van der Waals surface area contributed by atoms with E-state index in [-0.39, 0.29) is 25.0 Å². The molecule has 1 aromatic carbocycles. The van der Waals surface area contributed by atoms with Gasteiger partial charge in [-0.2, -0.15) is 0 Å². The maximum absolute atomic E-state index is 12.7. The van der Waals surface area contributed by atoms with E-state index < -0.39 is 5.92 Å². The van der Waals surface area contributed by atoms with Gasteiger partial charge in [-0.25, -0.2) is 4.79 Å². The number of cyclic esters (lactones) is 1. The number of benzene rings is 1. The molecule has 6 heteroatoms. The number of aryl methyl sites for hydroxylation is 1. The number of nitrogens with one attached hydrogen (secondary N) is 1. The molecule has 3 aliphatic heterocycles. The van der Waals surface area contributed by atoms with Crippen molar-refractivity contribution in [1.29, 1.82) is 0 Å². The summed E-state index contributed by atoms with van der Waals surface area (Å²) in [4.78, 5) is 25.1. The molecule has 0 fully saturated rings. The highest BCUT2D eigenvalue weighted by molar-refractivity contribution is 6.05. The van der Waals surface area contributed by atoms with Crippen molar-refractivity contribution in [3.8, 4) is 11.3 Å². The summed E-state index contributed by atoms with van der Waals surface area (Å²) in [5.74, 6) is -0.204. The Labute approximate surface area is 155 Å². The molecule has 0 spiro atoms. The summed E-state index contributed by atoms with van der Waals surface area (Å²) < 4.78 is 16.2. The van der Waals surface area contributed by atoms with Crippen LogP contribution in [0.3, 0.4) is 0 Å². The third kappa shape index (κ3) is 2.44. The number of dihydropyridines is 1. The molecule has 0 aliphatic carbocycles. The summed E-state index contributed by atoms with van der Waals surface area (Å²) in [5, 5.41) is 3.18. The van der Waals surface area contributed by atoms with Crippen molar-refractivity contribution in [3.05, 3.63) is 70.3 Å². The Morgan fingerprint density at radius 1 is 1.04 bits per heavy atom. The van der Waals surface area contributed by atoms with E-state index in [0.717, 1.165) is 22.5 Å². The quantitative estimate of drug-likeness (QED) is 0.827. The van der Waals surface area contributed by atoms with Crippen molar-refractivity contribution in [2.24, 2.45) is 0 Å². The van der Waals surface area contributed by atoms with Gasteiger partial charge in [0.1, 0.15) is 19.0 Å². The molecule has 6 nitrogen and oxygen atoms in total. The summed E-state index contributed by atoms with van der Waals surface area (Å²) in [7, 11) is 0. The Balaban J connectivity index is 1.70. The molecular formula is C21H17NO5. The van der Waals surface area contributed by atoms with E-state index in [0.29, 0.717) is 29.1 Å². The first kappa shape index (κ1) is 16.1. The molecule has 4 heterocycles. The van der Waals surface area contributed by atoms with Gasteiger partial charge in [0.2, 0.25) is 0 Å². The van der Waals surface area contributed by atoms with E-state index in [9.17, 15) is 9.59 Å². The third-order valence-electron chi connectivity index (χ3n) is 5.26. The smallest absolute Gasteiger partial charge is 0.337 e. The second-order valence-electron chi connectivity index (χ2n) is 6.89. The van der Waals surface area contributed by atoms with Gasteiger partial charge in [0.15, 0.2) is 5.78 Å². The van der Waals surface area contributed by atoms with Crippen LogP contribution in [0, 0.1) is 6.92 Å². The average molecular weight is 363 g/mol. The molecule has 0 bridgehead atoms. The predicted molar refractivity (Wildman–Crippen MR) is 95.6 cm³/mol. The van der Waals surface area contributed by atoms with Gasteiger partial charge in [0.25, 0.3) is 0 Å². The number of ketones is 1. The molecule has 0 radical (unpaired) electrons. The molecule has 5 rings (SSSR count). The average Bonchev–Trinajstić information content (AvgIpc) is 3.31. The van der Waals surface area contributed by atoms with Crippen LogP contribution in [0.25, 0.3) is 11.3 Å². The lowest BCUT2D eigenvalue weighted by atomic mass is 9.78. The number of carbonyl (C=O) groups is 2. The fraction of sp³-hybridized carbons (Fsp3) is 0.238. The summed E-state index contributed by atoms with van der Waals surface area (Å²) >= 11 is 0. The van der Waals surface area contributed by atoms with E-state index in [1.165, 1.54) is 0 Å². The van der Waals surface area contributed by atoms with Crippen LogP contribution >= 0.6 is 0 Å². The predicted octanol–water partition coefficient (Wildman–Crippen LogP) is 2.61. The van der Waals surface area contributed by atoms with Crippen molar-refractivity contribution >= 4 is 11.8 Å². The number of rotatable bonds is 2. The lowest BCUT2D eigenvalue weighted by Gasteiger charge is -2.32. The monoisotopic (exact) mass is 363 g/mol. The normalized spacial score (nSPS) is 21.7. The Bertz CT molecular complexity index is 1030. The molecule has 136 valence electrons. The zero-order valence-electron chi connectivity index (χ0n) is 14.7. The van der Waals surface area contributed by atoms with Crippen LogP contribution in [0.5, 0.6) is 0 Å². The first-order valence-corrected chi connectivity index (χ1v) is 8.79. The largest absolute Gasteiger partial charge is 0.464 e. The summed E-state index contributed by atoms with van der Waals surface area (Å²) in [6.07, 6.45) is 1.63. The Kier molecular flexibility index (Phi) is 3.55. The minimum atomic E-state index is -0.461. The minimum absolute atomic E-state index is 0.0194. The molecule has 1 aromatic heterocycles. The van der Waals surface area contributed by atoms with Crippen LogP contribution in [-0.2, 0) is 19.1 Å². The number of furan rings is 1. The van der Waals surface area contributed by atoms with Crippen LogP contribution in [0.1, 0.15) is 17.0 Å². The van der Waals surface area contributed by atoms with Gasteiger partial charge >= 0.3 is 5.97 Å². The SMILES string of the molecule is Cc1ccc(C2C3=C(COCC3=O)NC3=C2C(=O)OC3)cc1-c1ccco1. The van der Waals surface area contributed by atoms with Crippen molar-refractivity contribution in [3.63, 3.8) is 0 Å². The highest BCUT2D eigenvalue weighted by Gasteiger charge is 2.43. The molecular weight excluding hydrogens is 346 g/mol. The van der Waals surface area contributed by atoms with Gasteiger partial charge < -0.3 is 19.2 Å². The fourth-order valence-electron chi connectivity index (χ4n) is 4.00. The molecule has 0 saturated carbocycles. The van der Waals surface area contributed by atoms with Gasteiger partial charge in [-0.3, -0.25) is 4.79 Å². The molecule has 1 N–H and O–H groups in total. The Morgan fingerprint density at radius 3 is 2.70 bits per heavy atom. The second-order valence-corrected chi connectivity index (χ2v) is 6.89.